The van der Waals surface area contributed by atoms with Crippen LogP contribution in [0.25, 0.3) is 11.3 Å². The van der Waals surface area contributed by atoms with Gasteiger partial charge in [-0.1, -0.05) is 12.1 Å². The Bertz CT molecular complexity index is 421. The Kier molecular flexibility index (Phi) is 2.23. The lowest BCUT2D eigenvalue weighted by molar-refractivity contribution is 0.572. The Morgan fingerprint density at radius 2 is 2.21 bits per heavy atom. The Morgan fingerprint density at radius 3 is 2.86 bits per heavy atom. The van der Waals surface area contributed by atoms with E-state index < -0.39 is 0 Å². The zero-order chi connectivity index (χ0) is 9.97. The van der Waals surface area contributed by atoms with Gasteiger partial charge in [0, 0.05) is 18.3 Å². The van der Waals surface area contributed by atoms with Crippen molar-refractivity contribution in [3.05, 3.63) is 36.4 Å². The third-order valence-electron chi connectivity index (χ3n) is 2.22. The maximum absolute atomic E-state index is 5.22. The van der Waals surface area contributed by atoms with Crippen LogP contribution in [0, 0.1) is 6.92 Å². The molecule has 0 aliphatic heterocycles. The van der Waals surface area contributed by atoms with E-state index in [0.29, 0.717) is 0 Å². The van der Waals surface area contributed by atoms with Gasteiger partial charge in [-0.3, -0.25) is 0 Å². The smallest absolute Gasteiger partial charge is 0.181 e. The molecular weight excluding hydrogens is 176 g/mol. The van der Waals surface area contributed by atoms with Crippen molar-refractivity contribution in [1.82, 2.24) is 4.98 Å². The average molecular weight is 188 g/mol. The van der Waals surface area contributed by atoms with Crippen LogP contribution in [0.15, 0.2) is 35.2 Å². The summed E-state index contributed by atoms with van der Waals surface area (Å²) in [5, 5.41) is 3.14. The van der Waals surface area contributed by atoms with E-state index in [2.05, 4.69) is 29.4 Å². The number of hydrogen-bond donors (Lipinski definition) is 1. The number of benzene rings is 1. The van der Waals surface area contributed by atoms with Gasteiger partial charge < -0.3 is 9.73 Å². The molecule has 0 saturated carbocycles. The number of anilines is 1. The second-order valence-electron chi connectivity index (χ2n) is 3.15. The Balaban J connectivity index is 2.46. The maximum Gasteiger partial charge on any atom is 0.181 e. The van der Waals surface area contributed by atoms with Crippen molar-refractivity contribution in [2.75, 3.05) is 12.4 Å². The molecule has 3 heteroatoms. The zero-order valence-corrected chi connectivity index (χ0v) is 8.24. The number of aryl methyl sites for hydroxylation is 1. The van der Waals surface area contributed by atoms with Crippen molar-refractivity contribution in [3.63, 3.8) is 0 Å². The Morgan fingerprint density at radius 1 is 1.36 bits per heavy atom. The number of hydrogen-bond acceptors (Lipinski definition) is 3. The molecule has 3 nitrogen and oxygen atoms in total. The molecule has 0 saturated heterocycles. The quantitative estimate of drug-likeness (QED) is 0.787. The fraction of sp³-hybridized carbons (Fsp3) is 0.182. The van der Waals surface area contributed by atoms with Gasteiger partial charge in [0.05, 0.1) is 6.20 Å². The summed E-state index contributed by atoms with van der Waals surface area (Å²) in [6, 6.07) is 6.14. The number of aromatic nitrogens is 1. The van der Waals surface area contributed by atoms with E-state index in [9.17, 15) is 0 Å². The van der Waals surface area contributed by atoms with Crippen LogP contribution in [0.2, 0.25) is 0 Å². The van der Waals surface area contributed by atoms with Crippen LogP contribution in [0.1, 0.15) is 5.56 Å². The van der Waals surface area contributed by atoms with Crippen LogP contribution in [0.4, 0.5) is 5.69 Å². The van der Waals surface area contributed by atoms with Crippen molar-refractivity contribution in [2.45, 2.75) is 6.92 Å². The van der Waals surface area contributed by atoms with Gasteiger partial charge in [-0.2, -0.15) is 0 Å². The summed E-state index contributed by atoms with van der Waals surface area (Å²) in [5.41, 5.74) is 3.37. The minimum Gasteiger partial charge on any atom is -0.444 e. The molecule has 1 heterocycles. The van der Waals surface area contributed by atoms with Crippen molar-refractivity contribution < 1.29 is 4.42 Å². The average Bonchev–Trinajstić information content (AvgIpc) is 2.71. The van der Waals surface area contributed by atoms with Gasteiger partial charge in [-0.05, 0) is 18.6 Å². The van der Waals surface area contributed by atoms with E-state index >= 15 is 0 Å². The standard InChI is InChI=1S/C11H12N2O/c1-8-3-4-9(5-10(8)12-2)11-6-13-7-14-11/h3-7,12H,1-2H3. The van der Waals surface area contributed by atoms with Gasteiger partial charge in [-0.25, -0.2) is 4.98 Å². The number of rotatable bonds is 2. The molecule has 1 aromatic heterocycles. The molecule has 0 bridgehead atoms. The predicted octanol–water partition coefficient (Wildman–Crippen LogP) is 2.69. The summed E-state index contributed by atoms with van der Waals surface area (Å²) >= 11 is 0. The van der Waals surface area contributed by atoms with Gasteiger partial charge in [-0.15, -0.1) is 0 Å². The number of nitrogens with zero attached hydrogens (tertiary/aromatic N) is 1. The molecule has 1 N–H and O–H groups in total. The highest BCUT2D eigenvalue weighted by atomic mass is 16.3. The highest BCUT2D eigenvalue weighted by molar-refractivity contribution is 5.65. The number of nitrogens with one attached hydrogen (secondary N) is 1. The van der Waals surface area contributed by atoms with Gasteiger partial charge in [0.2, 0.25) is 0 Å². The molecule has 0 amide bonds. The minimum atomic E-state index is 0.793. The summed E-state index contributed by atoms with van der Waals surface area (Å²) in [4.78, 5) is 3.89. The molecular formula is C11H12N2O. The van der Waals surface area contributed by atoms with Crippen LogP contribution in [0.5, 0.6) is 0 Å². The third-order valence-corrected chi connectivity index (χ3v) is 2.22. The molecule has 2 aromatic rings. The summed E-state index contributed by atoms with van der Waals surface area (Å²) in [7, 11) is 1.91. The van der Waals surface area contributed by atoms with E-state index in [0.717, 1.165) is 17.0 Å². The SMILES string of the molecule is CNc1cc(-c2cnco2)ccc1C. The van der Waals surface area contributed by atoms with Gasteiger partial charge in [0.1, 0.15) is 0 Å². The van der Waals surface area contributed by atoms with E-state index in [1.54, 1.807) is 6.20 Å². The largest absolute Gasteiger partial charge is 0.444 e. The van der Waals surface area contributed by atoms with Crippen molar-refractivity contribution >= 4 is 5.69 Å². The van der Waals surface area contributed by atoms with Gasteiger partial charge in [0.25, 0.3) is 0 Å². The normalized spacial score (nSPS) is 10.1. The van der Waals surface area contributed by atoms with Crippen molar-refractivity contribution in [1.29, 1.82) is 0 Å². The molecule has 2 rings (SSSR count). The van der Waals surface area contributed by atoms with E-state index in [4.69, 9.17) is 4.42 Å². The molecule has 0 unspecified atom stereocenters. The Labute approximate surface area is 82.8 Å². The van der Waals surface area contributed by atoms with Crippen LogP contribution in [-0.2, 0) is 0 Å². The van der Waals surface area contributed by atoms with Gasteiger partial charge >= 0.3 is 0 Å². The fourth-order valence-corrected chi connectivity index (χ4v) is 1.40. The lowest BCUT2D eigenvalue weighted by Crippen LogP contribution is -1.91. The van der Waals surface area contributed by atoms with Crippen LogP contribution in [-0.4, -0.2) is 12.0 Å². The molecule has 14 heavy (non-hydrogen) atoms. The molecule has 1 aromatic carbocycles. The third kappa shape index (κ3) is 1.48. The second kappa shape index (κ2) is 3.54. The fourth-order valence-electron chi connectivity index (χ4n) is 1.40. The lowest BCUT2D eigenvalue weighted by Gasteiger charge is -2.06. The van der Waals surface area contributed by atoms with E-state index in [1.807, 2.05) is 13.1 Å². The summed E-state index contributed by atoms with van der Waals surface area (Å²) in [5.74, 6) is 0.793. The molecule has 0 aliphatic carbocycles. The highest BCUT2D eigenvalue weighted by Crippen LogP contribution is 2.24. The first-order valence-corrected chi connectivity index (χ1v) is 4.48. The molecule has 0 aliphatic rings. The van der Waals surface area contributed by atoms with E-state index in [-0.39, 0.29) is 0 Å². The van der Waals surface area contributed by atoms with Gasteiger partial charge in [0.15, 0.2) is 12.2 Å². The summed E-state index contributed by atoms with van der Waals surface area (Å²) < 4.78 is 5.22. The highest BCUT2D eigenvalue weighted by Gasteiger charge is 2.03. The zero-order valence-electron chi connectivity index (χ0n) is 8.24. The molecule has 0 fully saturated rings. The molecule has 0 spiro atoms. The van der Waals surface area contributed by atoms with Crippen LogP contribution >= 0.6 is 0 Å². The van der Waals surface area contributed by atoms with E-state index in [1.165, 1.54) is 12.0 Å². The maximum atomic E-state index is 5.22. The monoisotopic (exact) mass is 188 g/mol. The van der Waals surface area contributed by atoms with Crippen LogP contribution < -0.4 is 5.32 Å². The molecule has 72 valence electrons. The predicted molar refractivity (Wildman–Crippen MR) is 56.2 cm³/mol. The molecule has 0 atom stereocenters. The number of oxazole rings is 1. The first-order chi connectivity index (χ1) is 6.81. The van der Waals surface area contributed by atoms with Crippen LogP contribution in [0.3, 0.4) is 0 Å². The topological polar surface area (TPSA) is 38.1 Å². The lowest BCUT2D eigenvalue weighted by atomic mass is 10.1. The summed E-state index contributed by atoms with van der Waals surface area (Å²) in [6.45, 7) is 2.07. The summed E-state index contributed by atoms with van der Waals surface area (Å²) in [6.07, 6.45) is 3.15. The second-order valence-corrected chi connectivity index (χ2v) is 3.15. The first-order valence-electron chi connectivity index (χ1n) is 4.48. The minimum absolute atomic E-state index is 0.793. The van der Waals surface area contributed by atoms with Crippen molar-refractivity contribution in [2.24, 2.45) is 0 Å². The Hall–Kier alpha value is -1.77. The van der Waals surface area contributed by atoms with Crippen molar-refractivity contribution in [3.8, 4) is 11.3 Å². The first kappa shape index (κ1) is 8.81. The molecule has 0 radical (unpaired) electrons.